The highest BCUT2D eigenvalue weighted by Crippen LogP contribution is 2.33. The highest BCUT2D eigenvalue weighted by molar-refractivity contribution is 5.05. The van der Waals surface area contributed by atoms with E-state index in [1.807, 2.05) is 0 Å². The normalized spacial score (nSPS) is 22.4. The summed E-state index contributed by atoms with van der Waals surface area (Å²) in [5.41, 5.74) is 1.56. The van der Waals surface area contributed by atoms with Crippen LogP contribution >= 0.6 is 0 Å². The summed E-state index contributed by atoms with van der Waals surface area (Å²) >= 11 is 0. The van der Waals surface area contributed by atoms with Crippen molar-refractivity contribution in [3.63, 3.8) is 0 Å². The summed E-state index contributed by atoms with van der Waals surface area (Å²) < 4.78 is 6.04. The zero-order valence-corrected chi connectivity index (χ0v) is 11.5. The van der Waals surface area contributed by atoms with E-state index in [1.54, 1.807) is 5.57 Å². The fourth-order valence-electron chi connectivity index (χ4n) is 2.21. The predicted molar refractivity (Wildman–Crippen MR) is 69.7 cm³/mol. The molecule has 0 saturated carbocycles. The third-order valence-corrected chi connectivity index (χ3v) is 3.63. The van der Waals surface area contributed by atoms with Gasteiger partial charge in [-0.3, -0.25) is 0 Å². The first-order valence-electron chi connectivity index (χ1n) is 6.36. The molecule has 94 valence electrons. The van der Waals surface area contributed by atoms with Gasteiger partial charge in [-0.05, 0) is 60.0 Å². The molecule has 0 heterocycles. The molecule has 1 atom stereocenters. The average Bonchev–Trinajstić information content (AvgIpc) is 2.17. The maximum atomic E-state index is 6.04. The molecule has 2 heteroatoms. The van der Waals surface area contributed by atoms with Gasteiger partial charge in [0.1, 0.15) is 0 Å². The summed E-state index contributed by atoms with van der Waals surface area (Å²) in [5, 5.41) is 0. The van der Waals surface area contributed by atoms with Gasteiger partial charge in [-0.1, -0.05) is 11.6 Å². The van der Waals surface area contributed by atoms with Crippen molar-refractivity contribution in [3.05, 3.63) is 11.6 Å². The van der Waals surface area contributed by atoms with Crippen molar-refractivity contribution < 1.29 is 4.74 Å². The molecule has 0 fully saturated rings. The Kier molecular flexibility index (Phi) is 5.00. The van der Waals surface area contributed by atoms with E-state index >= 15 is 0 Å². The Morgan fingerprint density at radius 1 is 1.44 bits per heavy atom. The molecule has 1 rings (SSSR count). The zero-order chi connectivity index (χ0) is 12.2. The molecule has 0 unspecified atom stereocenters. The van der Waals surface area contributed by atoms with Gasteiger partial charge in [0.15, 0.2) is 0 Å². The lowest BCUT2D eigenvalue weighted by Gasteiger charge is -2.36. The number of hydrogen-bond acceptors (Lipinski definition) is 2. The number of rotatable bonds is 5. The Balaban J connectivity index is 2.38. The maximum Gasteiger partial charge on any atom is 0.0658 e. The Morgan fingerprint density at radius 2 is 2.12 bits per heavy atom. The Bertz CT molecular complexity index is 243. The molecule has 0 radical (unpaired) electrons. The Labute approximate surface area is 101 Å². The summed E-state index contributed by atoms with van der Waals surface area (Å²) in [6.07, 6.45) is 6.08. The molecule has 0 aromatic rings. The molecule has 0 spiro atoms. The second kappa shape index (κ2) is 5.83. The Morgan fingerprint density at radius 3 is 2.62 bits per heavy atom. The van der Waals surface area contributed by atoms with Crippen molar-refractivity contribution in [1.29, 1.82) is 0 Å². The van der Waals surface area contributed by atoms with Crippen LogP contribution in [0.4, 0.5) is 0 Å². The minimum absolute atomic E-state index is 0.0210. The van der Waals surface area contributed by atoms with Crippen LogP contribution in [0.25, 0.3) is 0 Å². The van der Waals surface area contributed by atoms with Gasteiger partial charge in [0, 0.05) is 6.54 Å². The number of likely N-dealkylation sites (N-methyl/N-ethyl adjacent to an activating group) is 1. The number of nitrogens with zero attached hydrogens (tertiary/aromatic N) is 1. The first-order chi connectivity index (χ1) is 7.42. The van der Waals surface area contributed by atoms with Crippen LogP contribution in [0.2, 0.25) is 0 Å². The third-order valence-electron chi connectivity index (χ3n) is 3.63. The van der Waals surface area contributed by atoms with Crippen molar-refractivity contribution in [2.75, 3.05) is 27.2 Å². The fourth-order valence-corrected chi connectivity index (χ4v) is 2.21. The summed E-state index contributed by atoms with van der Waals surface area (Å²) in [6, 6.07) is 0. The van der Waals surface area contributed by atoms with Crippen LogP contribution in [0, 0.1) is 5.92 Å². The zero-order valence-electron chi connectivity index (χ0n) is 11.5. The van der Waals surface area contributed by atoms with Crippen molar-refractivity contribution in [2.45, 2.75) is 45.6 Å². The maximum absolute atomic E-state index is 6.04. The van der Waals surface area contributed by atoms with Crippen LogP contribution in [0.1, 0.15) is 40.0 Å². The molecule has 0 amide bonds. The van der Waals surface area contributed by atoms with Crippen LogP contribution in [0.15, 0.2) is 11.6 Å². The second-order valence-corrected chi connectivity index (χ2v) is 5.78. The molecule has 1 aliphatic rings. The van der Waals surface area contributed by atoms with E-state index in [9.17, 15) is 0 Å². The predicted octanol–water partition coefficient (Wildman–Crippen LogP) is 3.09. The quantitative estimate of drug-likeness (QED) is 0.667. The van der Waals surface area contributed by atoms with Gasteiger partial charge >= 0.3 is 0 Å². The van der Waals surface area contributed by atoms with Crippen molar-refractivity contribution in [2.24, 2.45) is 5.92 Å². The third kappa shape index (κ3) is 4.26. The molecule has 0 aromatic heterocycles. The average molecular weight is 225 g/mol. The molecule has 1 aliphatic carbocycles. The number of hydrogen-bond donors (Lipinski definition) is 0. The standard InChI is InChI=1S/C14H27NO/c1-12-6-8-13(9-7-12)14(2,3)16-11-10-15(4)5/h6,13H,7-11H2,1-5H3/t13-/m1/s1. The fraction of sp³-hybridized carbons (Fsp3) is 0.857. The van der Waals surface area contributed by atoms with E-state index in [2.05, 4.69) is 45.8 Å². The topological polar surface area (TPSA) is 12.5 Å². The molecule has 2 nitrogen and oxygen atoms in total. The van der Waals surface area contributed by atoms with Gasteiger partial charge in [-0.25, -0.2) is 0 Å². The van der Waals surface area contributed by atoms with E-state index in [0.717, 1.165) is 13.2 Å². The smallest absolute Gasteiger partial charge is 0.0658 e. The van der Waals surface area contributed by atoms with Crippen LogP contribution in [0.5, 0.6) is 0 Å². The minimum atomic E-state index is 0.0210. The molecule has 0 N–H and O–H groups in total. The van der Waals surface area contributed by atoms with Crippen LogP contribution in [-0.4, -0.2) is 37.7 Å². The van der Waals surface area contributed by atoms with Gasteiger partial charge in [-0.2, -0.15) is 0 Å². The van der Waals surface area contributed by atoms with Gasteiger partial charge in [0.2, 0.25) is 0 Å². The lowest BCUT2D eigenvalue weighted by atomic mass is 9.79. The summed E-state index contributed by atoms with van der Waals surface area (Å²) in [4.78, 5) is 2.17. The van der Waals surface area contributed by atoms with Crippen LogP contribution in [-0.2, 0) is 4.74 Å². The van der Waals surface area contributed by atoms with Crippen LogP contribution < -0.4 is 0 Å². The first-order valence-corrected chi connectivity index (χ1v) is 6.36. The van der Waals surface area contributed by atoms with E-state index in [4.69, 9.17) is 4.74 Å². The number of ether oxygens (including phenoxy) is 1. The molecule has 0 saturated heterocycles. The molecule has 0 bridgehead atoms. The van der Waals surface area contributed by atoms with E-state index in [-0.39, 0.29) is 5.60 Å². The minimum Gasteiger partial charge on any atom is -0.374 e. The summed E-state index contributed by atoms with van der Waals surface area (Å²) in [5.74, 6) is 0.679. The van der Waals surface area contributed by atoms with Crippen molar-refractivity contribution in [3.8, 4) is 0 Å². The van der Waals surface area contributed by atoms with Gasteiger partial charge in [0.05, 0.1) is 12.2 Å². The van der Waals surface area contributed by atoms with E-state index < -0.39 is 0 Å². The SMILES string of the molecule is CC1=CC[C@@H](C(C)(C)OCCN(C)C)CC1. The van der Waals surface area contributed by atoms with E-state index in [1.165, 1.54) is 19.3 Å². The molecule has 0 aliphatic heterocycles. The second-order valence-electron chi connectivity index (χ2n) is 5.78. The monoisotopic (exact) mass is 225 g/mol. The number of allylic oxidation sites excluding steroid dienone is 2. The lowest BCUT2D eigenvalue weighted by Crippen LogP contribution is -2.37. The van der Waals surface area contributed by atoms with Gasteiger partial charge < -0.3 is 9.64 Å². The van der Waals surface area contributed by atoms with Crippen molar-refractivity contribution in [1.82, 2.24) is 4.90 Å². The largest absolute Gasteiger partial charge is 0.374 e. The lowest BCUT2D eigenvalue weighted by molar-refractivity contribution is -0.0663. The summed E-state index contributed by atoms with van der Waals surface area (Å²) in [6.45, 7) is 8.55. The first kappa shape index (κ1) is 13.7. The Hall–Kier alpha value is -0.340. The van der Waals surface area contributed by atoms with Gasteiger partial charge in [-0.15, -0.1) is 0 Å². The molecule has 16 heavy (non-hydrogen) atoms. The molecular formula is C14H27NO. The molecule has 0 aromatic carbocycles. The van der Waals surface area contributed by atoms with Crippen molar-refractivity contribution >= 4 is 0 Å². The van der Waals surface area contributed by atoms with E-state index in [0.29, 0.717) is 5.92 Å². The highest BCUT2D eigenvalue weighted by atomic mass is 16.5. The highest BCUT2D eigenvalue weighted by Gasteiger charge is 2.30. The van der Waals surface area contributed by atoms with Gasteiger partial charge in [0.25, 0.3) is 0 Å². The molecular weight excluding hydrogens is 198 g/mol. The van der Waals surface area contributed by atoms with Crippen LogP contribution in [0.3, 0.4) is 0 Å². The summed E-state index contributed by atoms with van der Waals surface area (Å²) in [7, 11) is 4.17.